The minimum Gasteiger partial charge on any atom is -0.496 e. The molecule has 0 aliphatic rings. The summed E-state index contributed by atoms with van der Waals surface area (Å²) in [5, 5.41) is 3.12. The first kappa shape index (κ1) is 13.6. The van der Waals surface area contributed by atoms with Crippen LogP contribution < -0.4 is 10.1 Å². The first-order valence-corrected chi connectivity index (χ1v) is 5.74. The SMILES string of the molecule is C=CCNc1cc(OC)c(C(=O)OC)cc1Br. The summed E-state index contributed by atoms with van der Waals surface area (Å²) in [5.41, 5.74) is 1.21. The van der Waals surface area contributed by atoms with Crippen molar-refractivity contribution in [2.75, 3.05) is 26.1 Å². The van der Waals surface area contributed by atoms with E-state index in [1.807, 2.05) is 0 Å². The molecule has 0 amide bonds. The molecule has 0 atom stereocenters. The number of carbonyl (C=O) groups is 1. The predicted molar refractivity (Wildman–Crippen MR) is 70.7 cm³/mol. The molecule has 0 saturated heterocycles. The van der Waals surface area contributed by atoms with Crippen LogP contribution in [0.1, 0.15) is 10.4 Å². The second-order valence-corrected chi connectivity index (χ2v) is 4.05. The van der Waals surface area contributed by atoms with Crippen molar-refractivity contribution in [3.05, 3.63) is 34.8 Å². The zero-order valence-electron chi connectivity index (χ0n) is 9.75. The molecule has 17 heavy (non-hydrogen) atoms. The van der Waals surface area contributed by atoms with Gasteiger partial charge in [0.2, 0.25) is 0 Å². The fourth-order valence-corrected chi connectivity index (χ4v) is 1.79. The van der Waals surface area contributed by atoms with E-state index in [9.17, 15) is 4.79 Å². The van der Waals surface area contributed by atoms with Crippen molar-refractivity contribution in [3.63, 3.8) is 0 Å². The average molecular weight is 300 g/mol. The summed E-state index contributed by atoms with van der Waals surface area (Å²) >= 11 is 3.38. The van der Waals surface area contributed by atoms with Gasteiger partial charge in [-0.25, -0.2) is 4.79 Å². The number of nitrogens with one attached hydrogen (secondary N) is 1. The van der Waals surface area contributed by atoms with Gasteiger partial charge in [0.15, 0.2) is 0 Å². The van der Waals surface area contributed by atoms with Gasteiger partial charge in [0.1, 0.15) is 11.3 Å². The Morgan fingerprint density at radius 3 is 2.76 bits per heavy atom. The van der Waals surface area contributed by atoms with Crippen LogP contribution in [-0.2, 0) is 4.74 Å². The molecule has 0 saturated carbocycles. The van der Waals surface area contributed by atoms with Gasteiger partial charge >= 0.3 is 5.97 Å². The van der Waals surface area contributed by atoms with E-state index in [2.05, 4.69) is 32.6 Å². The van der Waals surface area contributed by atoms with E-state index in [1.165, 1.54) is 14.2 Å². The first-order chi connectivity index (χ1) is 8.13. The summed E-state index contributed by atoms with van der Waals surface area (Å²) in [6, 6.07) is 3.40. The maximum Gasteiger partial charge on any atom is 0.341 e. The van der Waals surface area contributed by atoms with Gasteiger partial charge in [-0.1, -0.05) is 6.08 Å². The monoisotopic (exact) mass is 299 g/mol. The molecule has 1 rings (SSSR count). The van der Waals surface area contributed by atoms with Crippen molar-refractivity contribution in [1.82, 2.24) is 0 Å². The molecule has 0 aliphatic carbocycles. The number of esters is 1. The van der Waals surface area contributed by atoms with Crippen LogP contribution in [0, 0.1) is 0 Å². The van der Waals surface area contributed by atoms with Crippen molar-refractivity contribution in [3.8, 4) is 5.75 Å². The number of carbonyl (C=O) groups excluding carboxylic acids is 1. The predicted octanol–water partition coefficient (Wildman–Crippen LogP) is 2.84. The molecule has 1 N–H and O–H groups in total. The van der Waals surface area contributed by atoms with Crippen LogP contribution in [0.3, 0.4) is 0 Å². The number of anilines is 1. The maximum absolute atomic E-state index is 11.5. The smallest absolute Gasteiger partial charge is 0.341 e. The lowest BCUT2D eigenvalue weighted by Crippen LogP contribution is -2.06. The normalized spacial score (nSPS) is 9.59. The fraction of sp³-hybridized carbons (Fsp3) is 0.250. The van der Waals surface area contributed by atoms with E-state index in [1.54, 1.807) is 18.2 Å². The molecular weight excluding hydrogens is 286 g/mol. The van der Waals surface area contributed by atoms with Gasteiger partial charge in [0.05, 0.1) is 19.9 Å². The Hall–Kier alpha value is -1.49. The highest BCUT2D eigenvalue weighted by atomic mass is 79.9. The number of ether oxygens (including phenoxy) is 2. The van der Waals surface area contributed by atoms with Crippen molar-refractivity contribution in [2.45, 2.75) is 0 Å². The minimum atomic E-state index is -0.433. The minimum absolute atomic E-state index is 0.381. The van der Waals surface area contributed by atoms with E-state index < -0.39 is 5.97 Å². The van der Waals surface area contributed by atoms with Crippen LogP contribution in [0.2, 0.25) is 0 Å². The number of hydrogen-bond acceptors (Lipinski definition) is 4. The van der Waals surface area contributed by atoms with Gasteiger partial charge in [0, 0.05) is 17.1 Å². The molecule has 0 aliphatic heterocycles. The van der Waals surface area contributed by atoms with E-state index in [-0.39, 0.29) is 0 Å². The lowest BCUT2D eigenvalue weighted by Gasteiger charge is -2.12. The topological polar surface area (TPSA) is 47.6 Å². The Morgan fingerprint density at radius 2 is 2.24 bits per heavy atom. The lowest BCUT2D eigenvalue weighted by atomic mass is 10.2. The molecule has 1 aromatic carbocycles. The van der Waals surface area contributed by atoms with Crippen LogP contribution in [0.15, 0.2) is 29.3 Å². The molecule has 0 aromatic heterocycles. The summed E-state index contributed by atoms with van der Waals surface area (Å²) in [6.07, 6.45) is 1.74. The Balaban J connectivity index is 3.14. The van der Waals surface area contributed by atoms with Gasteiger partial charge in [0.25, 0.3) is 0 Å². The molecule has 5 heteroatoms. The van der Waals surface area contributed by atoms with Gasteiger partial charge in [-0.3, -0.25) is 0 Å². The average Bonchev–Trinajstić information content (AvgIpc) is 2.36. The number of halogens is 1. The Kier molecular flexibility index (Phi) is 5.03. The van der Waals surface area contributed by atoms with Crippen LogP contribution >= 0.6 is 15.9 Å². The van der Waals surface area contributed by atoms with Gasteiger partial charge in [-0.15, -0.1) is 6.58 Å². The van der Waals surface area contributed by atoms with E-state index >= 15 is 0 Å². The maximum atomic E-state index is 11.5. The Morgan fingerprint density at radius 1 is 1.53 bits per heavy atom. The third-order valence-electron chi connectivity index (χ3n) is 2.13. The highest BCUT2D eigenvalue weighted by molar-refractivity contribution is 9.10. The highest BCUT2D eigenvalue weighted by Gasteiger charge is 2.15. The second kappa shape index (κ2) is 6.30. The van der Waals surface area contributed by atoms with Crippen LogP contribution in [0.4, 0.5) is 5.69 Å². The summed E-state index contributed by atoms with van der Waals surface area (Å²) in [5.74, 6) is 0.0319. The van der Waals surface area contributed by atoms with E-state index in [4.69, 9.17) is 4.74 Å². The van der Waals surface area contributed by atoms with E-state index in [0.29, 0.717) is 17.9 Å². The third kappa shape index (κ3) is 3.23. The zero-order valence-corrected chi connectivity index (χ0v) is 11.3. The number of rotatable bonds is 5. The molecule has 4 nitrogen and oxygen atoms in total. The molecule has 0 spiro atoms. The van der Waals surface area contributed by atoms with Gasteiger partial charge in [-0.2, -0.15) is 0 Å². The number of hydrogen-bond donors (Lipinski definition) is 1. The van der Waals surface area contributed by atoms with E-state index in [0.717, 1.165) is 10.2 Å². The number of benzene rings is 1. The molecule has 0 bridgehead atoms. The van der Waals surface area contributed by atoms with Crippen molar-refractivity contribution in [1.29, 1.82) is 0 Å². The summed E-state index contributed by atoms with van der Waals surface area (Å²) in [4.78, 5) is 11.5. The fourth-order valence-electron chi connectivity index (χ4n) is 1.31. The third-order valence-corrected chi connectivity index (χ3v) is 2.79. The molecule has 1 aromatic rings. The largest absolute Gasteiger partial charge is 0.496 e. The summed E-state index contributed by atoms with van der Waals surface area (Å²) in [6.45, 7) is 4.25. The van der Waals surface area contributed by atoms with Crippen molar-refractivity contribution < 1.29 is 14.3 Å². The van der Waals surface area contributed by atoms with Crippen LogP contribution in [0.5, 0.6) is 5.75 Å². The van der Waals surface area contributed by atoms with Crippen LogP contribution in [0.25, 0.3) is 0 Å². The molecule has 0 radical (unpaired) electrons. The first-order valence-electron chi connectivity index (χ1n) is 4.94. The lowest BCUT2D eigenvalue weighted by molar-refractivity contribution is 0.0597. The molecule has 0 fully saturated rings. The quantitative estimate of drug-likeness (QED) is 0.671. The van der Waals surface area contributed by atoms with Crippen molar-refractivity contribution >= 4 is 27.6 Å². The summed E-state index contributed by atoms with van der Waals surface area (Å²) < 4.78 is 10.6. The van der Waals surface area contributed by atoms with Crippen LogP contribution in [-0.4, -0.2) is 26.7 Å². The standard InChI is InChI=1S/C12H14BrNO3/c1-4-5-14-10-7-11(16-2)8(6-9(10)13)12(15)17-3/h4,6-7,14H,1,5H2,2-3H3. The van der Waals surface area contributed by atoms with Crippen molar-refractivity contribution in [2.24, 2.45) is 0 Å². The van der Waals surface area contributed by atoms with Gasteiger partial charge < -0.3 is 14.8 Å². The zero-order chi connectivity index (χ0) is 12.8. The second-order valence-electron chi connectivity index (χ2n) is 3.19. The van der Waals surface area contributed by atoms with Gasteiger partial charge in [-0.05, 0) is 22.0 Å². The molecule has 0 heterocycles. The Labute approximate surface area is 109 Å². The number of methoxy groups -OCH3 is 2. The highest BCUT2D eigenvalue weighted by Crippen LogP contribution is 2.31. The summed E-state index contributed by atoms with van der Waals surface area (Å²) in [7, 11) is 2.84. The molecular formula is C12H14BrNO3. The Bertz CT molecular complexity index is 432. The molecule has 92 valence electrons. The molecule has 0 unspecified atom stereocenters.